The Kier molecular flexibility index (Phi) is 3.85. The number of hydrogen-bond donors (Lipinski definition) is 3. The number of carbonyl (C=O) groups excluding carboxylic acids is 2. The lowest BCUT2D eigenvalue weighted by Gasteiger charge is -2.27. The molecule has 22 heavy (non-hydrogen) atoms. The van der Waals surface area contributed by atoms with Crippen molar-refractivity contribution in [1.82, 2.24) is 15.8 Å². The summed E-state index contributed by atoms with van der Waals surface area (Å²) in [5.74, 6) is -0.197. The van der Waals surface area contributed by atoms with Crippen LogP contribution in [0.25, 0.3) is 0 Å². The lowest BCUT2D eigenvalue weighted by molar-refractivity contribution is -0.125. The zero-order chi connectivity index (χ0) is 15.7. The van der Waals surface area contributed by atoms with Gasteiger partial charge in [0.15, 0.2) is 0 Å². The molecular weight excluding hydrogens is 280 g/mol. The molecule has 0 spiro atoms. The number of carbonyl (C=O) groups is 2. The Bertz CT molecular complexity index is 641. The van der Waals surface area contributed by atoms with Crippen LogP contribution in [0.2, 0.25) is 0 Å². The number of aryl methyl sites for hydroxylation is 1. The van der Waals surface area contributed by atoms with E-state index >= 15 is 0 Å². The monoisotopic (exact) mass is 300 g/mol. The van der Waals surface area contributed by atoms with Gasteiger partial charge in [-0.2, -0.15) is 0 Å². The lowest BCUT2D eigenvalue weighted by atomic mass is 10.1. The fraction of sp³-hybridized carbons (Fsp3) is 0.375. The van der Waals surface area contributed by atoms with Gasteiger partial charge < -0.3 is 15.6 Å². The maximum atomic E-state index is 12.4. The van der Waals surface area contributed by atoms with Crippen molar-refractivity contribution < 1.29 is 9.59 Å². The number of benzene rings is 1. The SMILES string of the molecule is CCc1cccc(NC(=O)C2CC3C(=O)NC(C)=CN3N2)c1. The van der Waals surface area contributed by atoms with Gasteiger partial charge in [0.2, 0.25) is 11.8 Å². The first-order valence-electron chi connectivity index (χ1n) is 7.50. The summed E-state index contributed by atoms with van der Waals surface area (Å²) in [5.41, 5.74) is 5.81. The summed E-state index contributed by atoms with van der Waals surface area (Å²) in [6.07, 6.45) is 3.19. The highest BCUT2D eigenvalue weighted by atomic mass is 16.2. The van der Waals surface area contributed by atoms with E-state index in [4.69, 9.17) is 0 Å². The number of fused-ring (bicyclic) bond motifs is 1. The van der Waals surface area contributed by atoms with Crippen LogP contribution in [0.15, 0.2) is 36.2 Å². The van der Waals surface area contributed by atoms with E-state index in [1.54, 1.807) is 5.01 Å². The predicted octanol–water partition coefficient (Wildman–Crippen LogP) is 1.13. The van der Waals surface area contributed by atoms with Gasteiger partial charge in [-0.25, -0.2) is 5.43 Å². The van der Waals surface area contributed by atoms with E-state index in [0.717, 1.165) is 17.8 Å². The largest absolute Gasteiger partial charge is 0.327 e. The van der Waals surface area contributed by atoms with Crippen LogP contribution in [0.4, 0.5) is 5.69 Å². The van der Waals surface area contributed by atoms with Crippen LogP contribution < -0.4 is 16.1 Å². The van der Waals surface area contributed by atoms with Crippen LogP contribution in [-0.4, -0.2) is 28.9 Å². The molecule has 2 amide bonds. The van der Waals surface area contributed by atoms with Gasteiger partial charge in [-0.15, -0.1) is 0 Å². The molecule has 1 saturated heterocycles. The highest BCUT2D eigenvalue weighted by Gasteiger charge is 2.40. The molecular formula is C16H20N4O2. The molecule has 1 aromatic carbocycles. The summed E-state index contributed by atoms with van der Waals surface area (Å²) >= 11 is 0. The van der Waals surface area contributed by atoms with E-state index in [-0.39, 0.29) is 17.9 Å². The Morgan fingerprint density at radius 1 is 1.45 bits per heavy atom. The standard InChI is InChI=1S/C16H20N4O2/c1-3-11-5-4-6-12(7-11)18-15(21)13-8-14-16(22)17-10(2)9-20(14)19-13/h4-7,9,13-14,19H,3,8H2,1-2H3,(H,17,22)(H,18,21). The van der Waals surface area contributed by atoms with E-state index in [0.29, 0.717) is 6.42 Å². The van der Waals surface area contributed by atoms with Crippen molar-refractivity contribution in [2.24, 2.45) is 0 Å². The molecule has 2 atom stereocenters. The van der Waals surface area contributed by atoms with E-state index in [9.17, 15) is 9.59 Å². The Labute approximate surface area is 129 Å². The zero-order valence-corrected chi connectivity index (χ0v) is 12.7. The summed E-state index contributed by atoms with van der Waals surface area (Å²) in [5, 5.41) is 7.42. The Balaban J connectivity index is 1.68. The molecule has 0 radical (unpaired) electrons. The third-order valence-corrected chi connectivity index (χ3v) is 3.97. The fourth-order valence-electron chi connectivity index (χ4n) is 2.80. The van der Waals surface area contributed by atoms with Gasteiger partial charge in [-0.1, -0.05) is 19.1 Å². The van der Waals surface area contributed by atoms with Gasteiger partial charge in [0.25, 0.3) is 0 Å². The van der Waals surface area contributed by atoms with Crippen molar-refractivity contribution in [3.8, 4) is 0 Å². The predicted molar refractivity (Wildman–Crippen MR) is 83.5 cm³/mol. The molecule has 6 heteroatoms. The molecule has 6 nitrogen and oxygen atoms in total. The molecule has 0 bridgehead atoms. The van der Waals surface area contributed by atoms with E-state index in [1.807, 2.05) is 37.4 Å². The highest BCUT2D eigenvalue weighted by Crippen LogP contribution is 2.21. The summed E-state index contributed by atoms with van der Waals surface area (Å²) in [4.78, 5) is 24.3. The molecule has 3 rings (SSSR count). The molecule has 1 aromatic rings. The van der Waals surface area contributed by atoms with Gasteiger partial charge in [0.1, 0.15) is 12.1 Å². The molecule has 2 aliphatic rings. The highest BCUT2D eigenvalue weighted by molar-refractivity contribution is 5.96. The van der Waals surface area contributed by atoms with Gasteiger partial charge >= 0.3 is 0 Å². The number of amides is 2. The molecule has 1 fully saturated rings. The third kappa shape index (κ3) is 2.82. The molecule has 0 aliphatic carbocycles. The van der Waals surface area contributed by atoms with Crippen molar-refractivity contribution >= 4 is 17.5 Å². The Morgan fingerprint density at radius 2 is 2.27 bits per heavy atom. The summed E-state index contributed by atoms with van der Waals surface area (Å²) < 4.78 is 0. The van der Waals surface area contributed by atoms with Crippen LogP contribution >= 0.6 is 0 Å². The number of hydrogen-bond acceptors (Lipinski definition) is 4. The minimum atomic E-state index is -0.414. The average Bonchev–Trinajstić information content (AvgIpc) is 2.92. The van der Waals surface area contributed by atoms with Crippen molar-refractivity contribution in [3.05, 3.63) is 41.7 Å². The van der Waals surface area contributed by atoms with Crippen LogP contribution in [-0.2, 0) is 16.0 Å². The number of anilines is 1. The van der Waals surface area contributed by atoms with Crippen LogP contribution in [0.3, 0.4) is 0 Å². The maximum absolute atomic E-state index is 12.4. The first kappa shape index (κ1) is 14.6. The van der Waals surface area contributed by atoms with Gasteiger partial charge in [-0.05, 0) is 31.0 Å². The Morgan fingerprint density at radius 3 is 3.05 bits per heavy atom. The normalized spacial score (nSPS) is 23.6. The lowest BCUT2D eigenvalue weighted by Crippen LogP contribution is -2.48. The minimum Gasteiger partial charge on any atom is -0.327 e. The minimum absolute atomic E-state index is 0.0734. The summed E-state index contributed by atoms with van der Waals surface area (Å²) in [6.45, 7) is 3.89. The topological polar surface area (TPSA) is 73.5 Å². The molecule has 3 N–H and O–H groups in total. The third-order valence-electron chi connectivity index (χ3n) is 3.97. The molecule has 2 aliphatic heterocycles. The summed E-state index contributed by atoms with van der Waals surface area (Å²) in [6, 6.07) is 7.05. The van der Waals surface area contributed by atoms with E-state index < -0.39 is 6.04 Å². The first-order chi connectivity index (χ1) is 10.6. The van der Waals surface area contributed by atoms with Crippen LogP contribution in [0.5, 0.6) is 0 Å². The van der Waals surface area contributed by atoms with Crippen LogP contribution in [0.1, 0.15) is 25.8 Å². The first-order valence-corrected chi connectivity index (χ1v) is 7.50. The number of rotatable bonds is 3. The average molecular weight is 300 g/mol. The van der Waals surface area contributed by atoms with Crippen molar-refractivity contribution in [3.63, 3.8) is 0 Å². The molecule has 116 valence electrons. The molecule has 2 unspecified atom stereocenters. The second-order valence-corrected chi connectivity index (χ2v) is 5.69. The molecule has 2 heterocycles. The van der Waals surface area contributed by atoms with Gasteiger partial charge in [-0.3, -0.25) is 9.59 Å². The smallest absolute Gasteiger partial charge is 0.248 e. The summed E-state index contributed by atoms with van der Waals surface area (Å²) in [7, 11) is 0. The molecule has 0 saturated carbocycles. The zero-order valence-electron chi connectivity index (χ0n) is 12.7. The van der Waals surface area contributed by atoms with Crippen molar-refractivity contribution in [2.45, 2.75) is 38.8 Å². The van der Waals surface area contributed by atoms with Crippen molar-refractivity contribution in [1.29, 1.82) is 0 Å². The van der Waals surface area contributed by atoms with Crippen molar-refractivity contribution in [2.75, 3.05) is 5.32 Å². The van der Waals surface area contributed by atoms with E-state index in [1.165, 1.54) is 5.56 Å². The number of hydrazine groups is 1. The van der Waals surface area contributed by atoms with Gasteiger partial charge in [0, 0.05) is 24.0 Å². The number of nitrogens with zero attached hydrogens (tertiary/aromatic N) is 1. The second kappa shape index (κ2) is 5.81. The fourth-order valence-corrected chi connectivity index (χ4v) is 2.80. The number of allylic oxidation sites excluding steroid dienone is 1. The van der Waals surface area contributed by atoms with Gasteiger partial charge in [0.05, 0.1) is 0 Å². The van der Waals surface area contributed by atoms with E-state index in [2.05, 4.69) is 23.0 Å². The quantitative estimate of drug-likeness (QED) is 0.782. The van der Waals surface area contributed by atoms with Crippen LogP contribution in [0, 0.1) is 0 Å². The Hall–Kier alpha value is -2.34. The molecule has 0 aromatic heterocycles. The maximum Gasteiger partial charge on any atom is 0.248 e. The number of nitrogens with one attached hydrogen (secondary N) is 3. The second-order valence-electron chi connectivity index (χ2n) is 5.69.